The van der Waals surface area contributed by atoms with Gasteiger partial charge in [-0.05, 0) is 92.9 Å². The summed E-state index contributed by atoms with van der Waals surface area (Å²) in [5.74, 6) is 0. The van der Waals surface area contributed by atoms with Crippen LogP contribution >= 0.6 is 0 Å². The molecule has 0 spiro atoms. The largest absolute Gasteiger partial charge is 0.414 e. The van der Waals surface area contributed by atoms with Gasteiger partial charge in [-0.15, -0.1) is 6.58 Å². The van der Waals surface area contributed by atoms with Crippen LogP contribution in [-0.4, -0.2) is 54.5 Å². The average molecular weight is 757 g/mol. The van der Waals surface area contributed by atoms with E-state index >= 15 is 0 Å². The summed E-state index contributed by atoms with van der Waals surface area (Å²) >= 11 is 0. The zero-order chi connectivity index (χ0) is 38.9. The molecule has 0 aromatic rings. The lowest BCUT2D eigenvalue weighted by Crippen LogP contribution is -2.48. The van der Waals surface area contributed by atoms with E-state index in [2.05, 4.69) is 115 Å². The zero-order valence-electron chi connectivity index (χ0n) is 37.0. The summed E-state index contributed by atoms with van der Waals surface area (Å²) in [4.78, 5) is 0. The first-order valence-electron chi connectivity index (χ1n) is 21.1. The van der Waals surface area contributed by atoms with Crippen molar-refractivity contribution < 1.29 is 18.4 Å². The van der Waals surface area contributed by atoms with E-state index in [9.17, 15) is 5.11 Å². The summed E-state index contributed by atoms with van der Waals surface area (Å²) in [5.41, 5.74) is 0. The Labute approximate surface area is 318 Å². The van der Waals surface area contributed by atoms with Crippen molar-refractivity contribution in [3.05, 3.63) is 12.7 Å². The molecule has 0 aliphatic carbocycles. The molecule has 300 valence electrons. The third-order valence-electron chi connectivity index (χ3n) is 12.5. The molecule has 7 heteroatoms. The van der Waals surface area contributed by atoms with Gasteiger partial charge in [-0.2, -0.15) is 0 Å². The Morgan fingerprint density at radius 1 is 0.500 bits per heavy atom. The van der Waals surface area contributed by atoms with E-state index in [1.165, 1.54) is 77.0 Å². The molecule has 0 aliphatic heterocycles. The molecule has 0 radical (unpaired) electrons. The quantitative estimate of drug-likeness (QED) is 0.0491. The number of hydrogen-bond donors (Lipinski definition) is 1. The minimum Gasteiger partial charge on any atom is -0.414 e. The molecule has 0 bridgehead atoms. The first-order chi connectivity index (χ1) is 22.8. The van der Waals surface area contributed by atoms with E-state index in [0.717, 1.165) is 25.7 Å². The van der Waals surface area contributed by atoms with Gasteiger partial charge in [-0.25, -0.2) is 0 Å². The molecule has 0 saturated carbocycles. The molecule has 4 nitrogen and oxygen atoms in total. The van der Waals surface area contributed by atoms with Crippen molar-refractivity contribution >= 4 is 25.0 Å². The Morgan fingerprint density at radius 2 is 0.840 bits per heavy atom. The number of hydrogen-bond acceptors (Lipinski definition) is 4. The summed E-state index contributed by atoms with van der Waals surface area (Å²) in [6.07, 6.45) is 23.3. The SMILES string of the molecule is C=CC[C@H](O)C[C@H](C[C@H](CC[C@@H](CCCCCCCCCCCCCC)O[Si](C)(C)C(C)(C)C)O[Si](C)(C)C(C)(C)C)O[Si](C)(C)C(C)(C)C. The zero-order valence-corrected chi connectivity index (χ0v) is 40.0. The van der Waals surface area contributed by atoms with Gasteiger partial charge in [-0.3, -0.25) is 0 Å². The van der Waals surface area contributed by atoms with Gasteiger partial charge >= 0.3 is 0 Å². The van der Waals surface area contributed by atoms with Gasteiger partial charge < -0.3 is 18.4 Å². The summed E-state index contributed by atoms with van der Waals surface area (Å²) in [6, 6.07) is 0. The van der Waals surface area contributed by atoms with E-state index in [1.807, 2.05) is 6.08 Å². The smallest absolute Gasteiger partial charge is 0.192 e. The molecule has 50 heavy (non-hydrogen) atoms. The lowest BCUT2D eigenvalue weighted by Gasteiger charge is -2.43. The fraction of sp³-hybridized carbons (Fsp3) is 0.953. The highest BCUT2D eigenvalue weighted by Gasteiger charge is 2.43. The number of aliphatic hydroxyl groups excluding tert-OH is 1. The van der Waals surface area contributed by atoms with Crippen LogP contribution < -0.4 is 0 Å². The normalized spacial score (nSPS) is 16.3. The van der Waals surface area contributed by atoms with Crippen molar-refractivity contribution in [1.82, 2.24) is 0 Å². The molecule has 1 N–H and O–H groups in total. The maximum atomic E-state index is 11.0. The Balaban J connectivity index is 5.86. The number of aliphatic hydroxyl groups is 1. The van der Waals surface area contributed by atoms with E-state index in [1.54, 1.807) is 0 Å². The van der Waals surface area contributed by atoms with Crippen LogP contribution in [0.15, 0.2) is 12.7 Å². The topological polar surface area (TPSA) is 47.9 Å². The van der Waals surface area contributed by atoms with Crippen LogP contribution in [0.25, 0.3) is 0 Å². The highest BCUT2D eigenvalue weighted by atomic mass is 28.4. The Kier molecular flexibility index (Phi) is 23.3. The molecule has 0 amide bonds. The van der Waals surface area contributed by atoms with Gasteiger partial charge in [0.1, 0.15) is 0 Å². The van der Waals surface area contributed by atoms with Crippen LogP contribution in [0, 0.1) is 0 Å². The fourth-order valence-electron chi connectivity index (χ4n) is 5.93. The second kappa shape index (κ2) is 23.2. The summed E-state index contributed by atoms with van der Waals surface area (Å²) in [5, 5.41) is 11.4. The van der Waals surface area contributed by atoms with Crippen molar-refractivity contribution in [2.75, 3.05) is 0 Å². The van der Waals surface area contributed by atoms with Crippen LogP contribution in [0.4, 0.5) is 0 Å². The standard InChI is InChI=1S/C43H92O4Si3/c1-18-20-21-22-23-24-25-26-27-28-29-30-32-38(45-48(12,13)41(3,4)5)33-34-39(46-49(14,15)42(6,7)8)36-40(35-37(44)31-19-2)47-50(16,17)43(9,10)11/h19,37-40,44H,2,18,20-36H2,1,3-17H3/t37-,38+,39-,40+/m0/s1. The summed E-state index contributed by atoms with van der Waals surface area (Å²) in [6.45, 7) is 41.5. The molecule has 0 aromatic heterocycles. The average Bonchev–Trinajstić information content (AvgIpc) is 2.94. The Hall–Kier alpha value is 0.231. The Morgan fingerprint density at radius 3 is 1.22 bits per heavy atom. The molecule has 0 unspecified atom stereocenters. The lowest BCUT2D eigenvalue weighted by atomic mass is 9.98. The minimum atomic E-state index is -2.06. The van der Waals surface area contributed by atoms with E-state index in [-0.39, 0.29) is 33.4 Å². The predicted molar refractivity (Wildman–Crippen MR) is 231 cm³/mol. The van der Waals surface area contributed by atoms with Gasteiger partial charge in [0, 0.05) is 18.3 Å². The third kappa shape index (κ3) is 20.6. The minimum absolute atomic E-state index is 0.0447. The van der Waals surface area contributed by atoms with Gasteiger partial charge in [-0.1, -0.05) is 152 Å². The highest BCUT2D eigenvalue weighted by Crippen LogP contribution is 2.42. The molecule has 0 aromatic carbocycles. The number of rotatable bonds is 28. The van der Waals surface area contributed by atoms with Gasteiger partial charge in [0.05, 0.1) is 6.10 Å². The maximum Gasteiger partial charge on any atom is 0.192 e. The first-order valence-corrected chi connectivity index (χ1v) is 29.8. The van der Waals surface area contributed by atoms with E-state index < -0.39 is 31.1 Å². The molecule has 0 saturated heterocycles. The third-order valence-corrected chi connectivity index (χ3v) is 26.1. The molecule has 0 fully saturated rings. The first kappa shape index (κ1) is 50.2. The second-order valence-electron chi connectivity index (χ2n) is 20.4. The second-order valence-corrected chi connectivity index (χ2v) is 34.7. The molecule has 0 rings (SSSR count). The predicted octanol–water partition coefficient (Wildman–Crippen LogP) is 14.7. The molecule has 0 aliphatic rings. The highest BCUT2D eigenvalue weighted by molar-refractivity contribution is 6.75. The van der Waals surface area contributed by atoms with Crippen molar-refractivity contribution in [1.29, 1.82) is 0 Å². The molecular weight excluding hydrogens is 665 g/mol. The van der Waals surface area contributed by atoms with Crippen LogP contribution in [0.5, 0.6) is 0 Å². The maximum absolute atomic E-state index is 11.0. The van der Waals surface area contributed by atoms with Crippen LogP contribution in [0.3, 0.4) is 0 Å². The number of unbranched alkanes of at least 4 members (excludes halogenated alkanes) is 11. The van der Waals surface area contributed by atoms with E-state index in [4.69, 9.17) is 13.3 Å². The monoisotopic (exact) mass is 757 g/mol. The van der Waals surface area contributed by atoms with Crippen molar-refractivity contribution in [2.45, 2.75) is 264 Å². The van der Waals surface area contributed by atoms with Crippen LogP contribution in [0.2, 0.25) is 54.4 Å². The Bertz CT molecular complexity index is 882. The van der Waals surface area contributed by atoms with Gasteiger partial charge in [0.2, 0.25) is 0 Å². The molecular formula is C43H92O4Si3. The van der Waals surface area contributed by atoms with Crippen molar-refractivity contribution in [3.63, 3.8) is 0 Å². The molecule has 4 atom stereocenters. The van der Waals surface area contributed by atoms with E-state index in [0.29, 0.717) is 12.8 Å². The van der Waals surface area contributed by atoms with Crippen molar-refractivity contribution in [2.24, 2.45) is 0 Å². The summed E-state index contributed by atoms with van der Waals surface area (Å²) in [7, 11) is -6.04. The molecule has 0 heterocycles. The van der Waals surface area contributed by atoms with Gasteiger partial charge in [0.25, 0.3) is 0 Å². The van der Waals surface area contributed by atoms with Gasteiger partial charge in [0.15, 0.2) is 25.0 Å². The van der Waals surface area contributed by atoms with Crippen LogP contribution in [0.1, 0.15) is 185 Å². The summed E-state index contributed by atoms with van der Waals surface area (Å²) < 4.78 is 21.6. The van der Waals surface area contributed by atoms with Crippen LogP contribution in [-0.2, 0) is 13.3 Å². The fourth-order valence-corrected chi connectivity index (χ4v) is 10.1. The van der Waals surface area contributed by atoms with Crippen molar-refractivity contribution in [3.8, 4) is 0 Å². The lowest BCUT2D eigenvalue weighted by molar-refractivity contribution is 0.0415.